The fourth-order valence-corrected chi connectivity index (χ4v) is 6.55. The van der Waals surface area contributed by atoms with Gasteiger partial charge in [0, 0.05) is 63.2 Å². The minimum Gasteiger partial charge on any atom is -0.356 e. The van der Waals surface area contributed by atoms with E-state index < -0.39 is 0 Å². The van der Waals surface area contributed by atoms with E-state index in [9.17, 15) is 9.59 Å². The van der Waals surface area contributed by atoms with Gasteiger partial charge in [-0.2, -0.15) is 0 Å². The Labute approximate surface area is 205 Å². The zero-order valence-corrected chi connectivity index (χ0v) is 21.3. The molecule has 2 aromatic heterocycles. The Morgan fingerprint density at radius 2 is 1.62 bits per heavy atom. The predicted octanol–water partition coefficient (Wildman–Crippen LogP) is 2.68. The van der Waals surface area contributed by atoms with Gasteiger partial charge in [0.05, 0.1) is 11.9 Å². The highest BCUT2D eigenvalue weighted by Crippen LogP contribution is 2.35. The Morgan fingerprint density at radius 1 is 0.912 bits per heavy atom. The van der Waals surface area contributed by atoms with E-state index >= 15 is 0 Å². The Balaban J connectivity index is 1.12. The lowest BCUT2D eigenvalue weighted by atomic mass is 9.94. The first kappa shape index (κ1) is 23.5. The van der Waals surface area contributed by atoms with Crippen LogP contribution < -0.4 is 4.90 Å². The number of aryl methyl sites for hydroxylation is 2. The van der Waals surface area contributed by atoms with Crippen LogP contribution in [-0.2, 0) is 9.59 Å². The molecule has 8 nitrogen and oxygen atoms in total. The summed E-state index contributed by atoms with van der Waals surface area (Å²) < 4.78 is 0. The molecule has 0 saturated carbocycles. The molecule has 0 spiro atoms. The molecule has 184 valence electrons. The van der Waals surface area contributed by atoms with E-state index in [0.717, 1.165) is 88.7 Å². The minimum absolute atomic E-state index is 0.0837. The van der Waals surface area contributed by atoms with Crippen molar-refractivity contribution in [3.05, 3.63) is 16.8 Å². The van der Waals surface area contributed by atoms with E-state index in [1.165, 1.54) is 22.2 Å². The fourth-order valence-electron chi connectivity index (χ4n) is 5.56. The zero-order valence-electron chi connectivity index (χ0n) is 20.5. The molecule has 2 aromatic rings. The van der Waals surface area contributed by atoms with Crippen molar-refractivity contribution in [2.24, 2.45) is 5.92 Å². The van der Waals surface area contributed by atoms with Crippen LogP contribution in [0.15, 0.2) is 6.33 Å². The molecule has 0 bridgehead atoms. The maximum Gasteiger partial charge on any atom is 0.236 e. The number of carbonyl (C=O) groups excluding carboxylic acids is 2. The lowest BCUT2D eigenvalue weighted by Crippen LogP contribution is -2.53. The third-order valence-corrected chi connectivity index (χ3v) is 8.96. The van der Waals surface area contributed by atoms with Crippen LogP contribution in [0.4, 0.5) is 5.82 Å². The van der Waals surface area contributed by atoms with Gasteiger partial charge in [0.1, 0.15) is 17.0 Å². The van der Waals surface area contributed by atoms with E-state index in [-0.39, 0.29) is 17.7 Å². The number of likely N-dealkylation sites (tertiary alicyclic amines) is 1. The standard InChI is InChI=1S/C25H36N6O2S/c1-18-19(2)34-24-22(18)23(26-17-27-24)30-10-6-20(7-11-30)25(33)31-14-12-28(13-15-31)16-21(32)29-8-4-3-5-9-29/h17,20H,3-16H2,1-2H3. The third kappa shape index (κ3) is 4.77. The Hall–Kier alpha value is -2.26. The smallest absolute Gasteiger partial charge is 0.236 e. The summed E-state index contributed by atoms with van der Waals surface area (Å²) in [7, 11) is 0. The molecule has 34 heavy (non-hydrogen) atoms. The fraction of sp³-hybridized carbons (Fsp3) is 0.680. The summed E-state index contributed by atoms with van der Waals surface area (Å²) in [5, 5.41) is 1.17. The van der Waals surface area contributed by atoms with Crippen molar-refractivity contribution >= 4 is 39.2 Å². The van der Waals surface area contributed by atoms with Gasteiger partial charge in [0.15, 0.2) is 0 Å². The summed E-state index contributed by atoms with van der Waals surface area (Å²) in [5.74, 6) is 1.64. The molecule has 0 unspecified atom stereocenters. The monoisotopic (exact) mass is 484 g/mol. The summed E-state index contributed by atoms with van der Waals surface area (Å²) in [6.07, 6.45) is 6.88. The molecule has 3 aliphatic rings. The number of thiophene rings is 1. The van der Waals surface area contributed by atoms with Gasteiger partial charge in [-0.15, -0.1) is 11.3 Å². The van der Waals surface area contributed by atoms with Crippen molar-refractivity contribution in [2.45, 2.75) is 46.0 Å². The largest absolute Gasteiger partial charge is 0.356 e. The summed E-state index contributed by atoms with van der Waals surface area (Å²) in [5.41, 5.74) is 1.27. The maximum atomic E-state index is 13.2. The molecule has 9 heteroatoms. The quantitative estimate of drug-likeness (QED) is 0.665. The molecule has 0 radical (unpaired) electrons. The number of fused-ring (bicyclic) bond motifs is 1. The van der Waals surface area contributed by atoms with Crippen LogP contribution in [0, 0.1) is 19.8 Å². The number of piperidine rings is 2. The van der Waals surface area contributed by atoms with Crippen LogP contribution >= 0.6 is 11.3 Å². The number of hydrogen-bond acceptors (Lipinski definition) is 7. The first-order valence-electron chi connectivity index (χ1n) is 12.8. The SMILES string of the molecule is Cc1sc2ncnc(N3CCC(C(=O)N4CCN(CC(=O)N5CCCCC5)CC4)CC3)c2c1C. The second-order valence-electron chi connectivity index (χ2n) is 9.96. The van der Waals surface area contributed by atoms with Gasteiger partial charge in [-0.3, -0.25) is 14.5 Å². The molecule has 2 amide bonds. The first-order valence-corrected chi connectivity index (χ1v) is 13.6. The lowest BCUT2D eigenvalue weighted by Gasteiger charge is -2.39. The Bertz CT molecular complexity index is 1030. The molecule has 3 fully saturated rings. The van der Waals surface area contributed by atoms with Crippen LogP contribution in [0.1, 0.15) is 42.5 Å². The molecule has 0 N–H and O–H groups in total. The zero-order chi connectivity index (χ0) is 23.7. The van der Waals surface area contributed by atoms with E-state index in [1.54, 1.807) is 17.7 Å². The van der Waals surface area contributed by atoms with Crippen LogP contribution in [0.3, 0.4) is 0 Å². The normalized spacial score (nSPS) is 20.8. The van der Waals surface area contributed by atoms with E-state index in [4.69, 9.17) is 0 Å². The molecule has 0 atom stereocenters. The molecular formula is C25H36N6O2S. The topological polar surface area (TPSA) is 72.9 Å². The van der Waals surface area contributed by atoms with Gasteiger partial charge in [-0.1, -0.05) is 0 Å². The number of carbonyl (C=O) groups is 2. The maximum absolute atomic E-state index is 13.2. The average molecular weight is 485 g/mol. The summed E-state index contributed by atoms with van der Waals surface area (Å²) in [4.78, 5) is 45.8. The number of hydrogen-bond donors (Lipinski definition) is 0. The van der Waals surface area contributed by atoms with Gasteiger partial charge < -0.3 is 14.7 Å². The van der Waals surface area contributed by atoms with Crippen molar-refractivity contribution in [3.63, 3.8) is 0 Å². The molecule has 3 aliphatic heterocycles. The minimum atomic E-state index is 0.0837. The van der Waals surface area contributed by atoms with Crippen LogP contribution in [0.25, 0.3) is 10.2 Å². The highest BCUT2D eigenvalue weighted by Gasteiger charge is 2.32. The van der Waals surface area contributed by atoms with Gasteiger partial charge in [0.2, 0.25) is 11.8 Å². The van der Waals surface area contributed by atoms with Gasteiger partial charge in [-0.25, -0.2) is 9.97 Å². The number of amides is 2. The molecule has 0 aliphatic carbocycles. The highest BCUT2D eigenvalue weighted by molar-refractivity contribution is 7.18. The second kappa shape index (κ2) is 10.2. The first-order chi connectivity index (χ1) is 16.5. The Kier molecular flexibility index (Phi) is 7.01. The van der Waals surface area contributed by atoms with Crippen molar-refractivity contribution in [1.82, 2.24) is 24.7 Å². The van der Waals surface area contributed by atoms with Crippen LogP contribution in [-0.4, -0.2) is 95.4 Å². The van der Waals surface area contributed by atoms with Crippen molar-refractivity contribution < 1.29 is 9.59 Å². The molecule has 3 saturated heterocycles. The van der Waals surface area contributed by atoms with Gasteiger partial charge >= 0.3 is 0 Å². The summed E-state index contributed by atoms with van der Waals surface area (Å²) in [6, 6.07) is 0. The van der Waals surface area contributed by atoms with Crippen LogP contribution in [0.5, 0.6) is 0 Å². The van der Waals surface area contributed by atoms with E-state index in [0.29, 0.717) is 6.54 Å². The second-order valence-corrected chi connectivity index (χ2v) is 11.2. The van der Waals surface area contributed by atoms with Crippen molar-refractivity contribution in [2.75, 3.05) is 63.8 Å². The highest BCUT2D eigenvalue weighted by atomic mass is 32.1. The van der Waals surface area contributed by atoms with Gasteiger partial charge in [-0.05, 0) is 51.5 Å². The Morgan fingerprint density at radius 3 is 2.32 bits per heavy atom. The van der Waals surface area contributed by atoms with Gasteiger partial charge in [0.25, 0.3) is 0 Å². The molecule has 5 rings (SSSR count). The predicted molar refractivity (Wildman–Crippen MR) is 135 cm³/mol. The number of rotatable bonds is 4. The van der Waals surface area contributed by atoms with Crippen LogP contribution in [0.2, 0.25) is 0 Å². The number of aromatic nitrogens is 2. The number of anilines is 1. The molecule has 0 aromatic carbocycles. The van der Waals surface area contributed by atoms with Crippen molar-refractivity contribution in [3.8, 4) is 0 Å². The molecular weight excluding hydrogens is 448 g/mol. The summed E-state index contributed by atoms with van der Waals surface area (Å²) in [6.45, 7) is 11.3. The van der Waals surface area contributed by atoms with Crippen molar-refractivity contribution in [1.29, 1.82) is 0 Å². The summed E-state index contributed by atoms with van der Waals surface area (Å²) >= 11 is 1.73. The van der Waals surface area contributed by atoms with E-state index in [1.807, 2.05) is 9.80 Å². The number of piperazine rings is 1. The van der Waals surface area contributed by atoms with E-state index in [2.05, 4.69) is 33.6 Å². The number of nitrogens with zero attached hydrogens (tertiary/aromatic N) is 6. The molecule has 5 heterocycles. The lowest BCUT2D eigenvalue weighted by molar-refractivity contribution is -0.139. The third-order valence-electron chi connectivity index (χ3n) is 7.84. The average Bonchev–Trinajstić information content (AvgIpc) is 3.18.